The lowest BCUT2D eigenvalue weighted by Crippen LogP contribution is -2.26. The van der Waals surface area contributed by atoms with Crippen molar-refractivity contribution in [1.29, 1.82) is 5.41 Å². The molecule has 0 saturated heterocycles. The fourth-order valence-corrected chi connectivity index (χ4v) is 6.92. The van der Waals surface area contributed by atoms with E-state index in [0.717, 1.165) is 44.2 Å². The zero-order chi connectivity index (χ0) is 35.5. The number of aliphatic hydroxyl groups is 1. The molecule has 50 heavy (non-hydrogen) atoms. The third kappa shape index (κ3) is 28.1. The number of aliphatic hydroxyl groups excluding tert-OH is 1. The Morgan fingerprint density at radius 1 is 0.660 bits per heavy atom. The van der Waals surface area contributed by atoms with Gasteiger partial charge in [0.2, 0.25) is 0 Å². The third-order valence-electron chi connectivity index (χ3n) is 10.1. The Balaban J connectivity index is 0.0000240. The summed E-state index contributed by atoms with van der Waals surface area (Å²) < 4.78 is 5.61. The van der Waals surface area contributed by atoms with Gasteiger partial charge in [0.05, 0.1) is 18.9 Å². The fraction of sp³-hybridized carbons (Fsp3) is 0.818. The summed E-state index contributed by atoms with van der Waals surface area (Å²) >= 11 is 0. The van der Waals surface area contributed by atoms with Crippen molar-refractivity contribution in [3.05, 3.63) is 35.6 Å². The highest BCUT2D eigenvalue weighted by molar-refractivity contribution is 5.99. The lowest BCUT2D eigenvalue weighted by atomic mass is 10.0. The van der Waals surface area contributed by atoms with Gasteiger partial charge in [-0.1, -0.05) is 147 Å². The number of hydrogen-bond donors (Lipinski definition) is 2. The Hall–Kier alpha value is -1.59. The van der Waals surface area contributed by atoms with Crippen molar-refractivity contribution in [2.45, 2.75) is 206 Å². The van der Waals surface area contributed by atoms with Gasteiger partial charge in [0.25, 0.3) is 0 Å². The smallest absolute Gasteiger partial charge is 0.305 e. The Morgan fingerprint density at radius 3 is 1.54 bits per heavy atom. The molecule has 0 unspecified atom stereocenters. The molecule has 0 amide bonds. The maximum absolute atomic E-state index is 12.4. The van der Waals surface area contributed by atoms with E-state index >= 15 is 0 Å². The quantitative estimate of drug-likeness (QED) is 0.0292. The van der Waals surface area contributed by atoms with Gasteiger partial charge in [0.15, 0.2) is 0 Å². The van der Waals surface area contributed by atoms with Crippen molar-refractivity contribution in [2.75, 3.05) is 26.3 Å². The molecule has 2 N–H and O–H groups in total. The highest BCUT2D eigenvalue weighted by Gasteiger charge is 2.24. The number of nitrogens with zero attached hydrogens (tertiary/aromatic N) is 1. The largest absolute Gasteiger partial charge is 0.464 e. The summed E-state index contributed by atoms with van der Waals surface area (Å²) in [5, 5.41) is 17.9. The van der Waals surface area contributed by atoms with E-state index in [0.29, 0.717) is 25.3 Å². The van der Waals surface area contributed by atoms with E-state index < -0.39 is 0 Å². The Labute approximate surface area is 316 Å². The molecule has 292 valence electrons. The normalized spacial score (nSPS) is 13.2. The monoisotopic (exact) mass is 721 g/mol. The summed E-state index contributed by atoms with van der Waals surface area (Å²) in [4.78, 5) is 14.7. The molecule has 0 fully saturated rings. The second kappa shape index (κ2) is 37.2. The van der Waals surface area contributed by atoms with Crippen LogP contribution in [0, 0.1) is 5.41 Å². The number of carbonyl (C=O) groups excluding carboxylic acids is 1. The van der Waals surface area contributed by atoms with Gasteiger partial charge in [-0.3, -0.25) is 4.79 Å². The molecular weight excluding hydrogens is 640 g/mol. The van der Waals surface area contributed by atoms with E-state index in [-0.39, 0.29) is 25.0 Å². The molecule has 0 saturated carbocycles. The molecule has 0 aromatic heterocycles. The van der Waals surface area contributed by atoms with E-state index in [1.54, 1.807) is 0 Å². The van der Waals surface area contributed by atoms with E-state index in [9.17, 15) is 9.90 Å². The zero-order valence-corrected chi connectivity index (χ0v) is 33.8. The predicted octanol–water partition coefficient (Wildman–Crippen LogP) is 13.4. The molecule has 6 heteroatoms. The van der Waals surface area contributed by atoms with Crippen molar-refractivity contribution in [3.63, 3.8) is 0 Å². The van der Waals surface area contributed by atoms with Gasteiger partial charge >= 0.3 is 5.97 Å². The molecule has 0 spiro atoms. The molecule has 1 aliphatic heterocycles. The second-order valence-electron chi connectivity index (χ2n) is 14.5. The molecule has 5 nitrogen and oxygen atoms in total. The first-order valence-electron chi connectivity index (χ1n) is 21.2. The van der Waals surface area contributed by atoms with Crippen molar-refractivity contribution in [1.82, 2.24) is 4.90 Å². The van der Waals surface area contributed by atoms with E-state index in [1.165, 1.54) is 160 Å². The molecule has 1 heterocycles. The van der Waals surface area contributed by atoms with Crippen LogP contribution in [0.1, 0.15) is 206 Å². The van der Waals surface area contributed by atoms with Crippen LogP contribution in [0.3, 0.4) is 0 Å². The third-order valence-corrected chi connectivity index (χ3v) is 10.1. The number of carbonyl (C=O) groups is 1. The lowest BCUT2D eigenvalue weighted by Gasteiger charge is -2.23. The van der Waals surface area contributed by atoms with Crippen LogP contribution in [-0.4, -0.2) is 48.0 Å². The van der Waals surface area contributed by atoms with Crippen LogP contribution in [0.2, 0.25) is 0 Å². The highest BCUT2D eigenvalue weighted by atomic mass is 35.5. The van der Waals surface area contributed by atoms with Crippen molar-refractivity contribution >= 4 is 24.1 Å². The van der Waals surface area contributed by atoms with Crippen LogP contribution >= 0.6 is 12.4 Å². The van der Waals surface area contributed by atoms with Gasteiger partial charge in [0.1, 0.15) is 6.61 Å². The van der Waals surface area contributed by atoms with Gasteiger partial charge in [0, 0.05) is 18.7 Å². The van der Waals surface area contributed by atoms with Crippen molar-refractivity contribution in [3.8, 4) is 0 Å². The zero-order valence-electron chi connectivity index (χ0n) is 33.0. The molecule has 0 aromatic rings. The number of esters is 1. The van der Waals surface area contributed by atoms with Crippen LogP contribution in [0.15, 0.2) is 35.6 Å². The number of unbranched alkanes of at least 4 members (excludes halogenated alkanes) is 23. The summed E-state index contributed by atoms with van der Waals surface area (Å²) in [6.07, 6.45) is 46.2. The summed E-state index contributed by atoms with van der Waals surface area (Å²) in [5.41, 5.74) is 2.56. The van der Waals surface area contributed by atoms with Gasteiger partial charge in [-0.05, 0) is 82.6 Å². The van der Waals surface area contributed by atoms with Crippen LogP contribution < -0.4 is 0 Å². The Bertz CT molecular complexity index is 884. The first-order valence-corrected chi connectivity index (χ1v) is 21.2. The van der Waals surface area contributed by atoms with Gasteiger partial charge in [-0.15, -0.1) is 12.4 Å². The Morgan fingerprint density at radius 2 is 1.08 bits per heavy atom. The molecule has 1 aliphatic rings. The maximum atomic E-state index is 12.4. The average Bonchev–Trinajstić information content (AvgIpc) is 3.51. The van der Waals surface area contributed by atoms with Crippen LogP contribution in [0.5, 0.6) is 0 Å². The standard InChI is InChI=1S/C44H80N2O3.ClH/c1-3-5-7-9-11-13-15-17-19-21-22-24-26-28-30-32-34-43-41(42(45)40-47)36-37-46(43)38-39-49-44(48)35-33-31-29-27-25-23-20-18-16-14-12-10-8-6-4-2;/h17-20,45,47H,3-16,21-40H2,1-2H3;1H/b19-17-,20-18-,45-42?;. The van der Waals surface area contributed by atoms with E-state index in [1.807, 2.05) is 0 Å². The number of nitrogens with one attached hydrogen (secondary N) is 1. The molecule has 1 rings (SSSR count). The summed E-state index contributed by atoms with van der Waals surface area (Å²) in [6.45, 7) is 6.28. The molecule has 0 atom stereocenters. The van der Waals surface area contributed by atoms with Gasteiger partial charge < -0.3 is 20.2 Å². The molecule has 0 bridgehead atoms. The number of rotatable bonds is 36. The summed E-state index contributed by atoms with van der Waals surface area (Å²) in [5.74, 6) is -0.0843. The first kappa shape index (κ1) is 48.4. The maximum Gasteiger partial charge on any atom is 0.305 e. The second-order valence-corrected chi connectivity index (χ2v) is 14.5. The average molecular weight is 722 g/mol. The molecule has 0 radical (unpaired) electrons. The highest BCUT2D eigenvalue weighted by Crippen LogP contribution is 2.28. The summed E-state index contributed by atoms with van der Waals surface area (Å²) in [6, 6.07) is 0. The topological polar surface area (TPSA) is 73.6 Å². The van der Waals surface area contributed by atoms with E-state index in [4.69, 9.17) is 10.1 Å². The number of ether oxygens (including phenoxy) is 1. The fourth-order valence-electron chi connectivity index (χ4n) is 6.92. The Kier molecular flexibility index (Phi) is 36.0. The van der Waals surface area contributed by atoms with Crippen molar-refractivity contribution < 1.29 is 14.6 Å². The minimum Gasteiger partial charge on any atom is -0.464 e. The first-order chi connectivity index (χ1) is 24.1. The predicted molar refractivity (Wildman–Crippen MR) is 220 cm³/mol. The summed E-state index contributed by atoms with van der Waals surface area (Å²) in [7, 11) is 0. The van der Waals surface area contributed by atoms with Crippen LogP contribution in [0.25, 0.3) is 0 Å². The SMILES string of the molecule is CCCCCCCC/C=C\CCCCCCCCC1=C(C(=N)CO)CCN1CCOC(=O)CCCCCCC/C=C\CCCCCCCC.Cl. The number of hydrogen-bond acceptors (Lipinski definition) is 5. The number of allylic oxidation sites excluding steroid dienone is 5. The van der Waals surface area contributed by atoms with Gasteiger partial charge in [-0.25, -0.2) is 0 Å². The molecular formula is C44H81ClN2O3. The number of halogens is 1. The van der Waals surface area contributed by atoms with Crippen molar-refractivity contribution in [2.24, 2.45) is 0 Å². The lowest BCUT2D eigenvalue weighted by molar-refractivity contribution is -0.144. The van der Waals surface area contributed by atoms with Crippen LogP contribution in [0.4, 0.5) is 0 Å². The van der Waals surface area contributed by atoms with E-state index in [2.05, 4.69) is 43.1 Å². The molecule has 0 aromatic carbocycles. The van der Waals surface area contributed by atoms with Gasteiger partial charge in [-0.2, -0.15) is 0 Å². The van der Waals surface area contributed by atoms with Crippen LogP contribution in [-0.2, 0) is 9.53 Å². The minimum absolute atomic E-state index is 0. The molecule has 0 aliphatic carbocycles. The minimum atomic E-state index is -0.203.